The number of carbonyl (C=O) groups is 5. The van der Waals surface area contributed by atoms with Gasteiger partial charge in [0, 0.05) is 28.9 Å². The summed E-state index contributed by atoms with van der Waals surface area (Å²) in [6.45, 7) is 0.157. The van der Waals surface area contributed by atoms with E-state index in [1.165, 1.54) is 41.3 Å². The van der Waals surface area contributed by atoms with Gasteiger partial charge in [0.05, 0.1) is 28.9 Å². The molecule has 13 heteroatoms. The molecule has 7 rings (SSSR count). The van der Waals surface area contributed by atoms with Crippen molar-refractivity contribution < 1.29 is 38.6 Å². The van der Waals surface area contributed by atoms with E-state index < -0.39 is 58.6 Å². The lowest BCUT2D eigenvalue weighted by Crippen LogP contribution is -2.53. The molecule has 2 heterocycles. The van der Waals surface area contributed by atoms with Crippen LogP contribution in [0.1, 0.15) is 55.6 Å². The normalized spacial score (nSPS) is 26.9. The largest absolute Gasteiger partial charge is 0.508 e. The zero-order valence-electron chi connectivity index (χ0n) is 27.2. The molecule has 2 aliphatic carbocycles. The van der Waals surface area contributed by atoms with E-state index in [2.05, 4.69) is 5.43 Å². The number of phenols is 1. The molecule has 3 fully saturated rings. The number of carboxylic acids is 1. The number of hydrazine groups is 1. The number of carboxylic acid groups (broad SMARTS) is 1. The highest BCUT2D eigenvalue weighted by molar-refractivity contribution is 6.32. The zero-order valence-corrected chi connectivity index (χ0v) is 28.7. The number of nitrogens with one attached hydrogen (secondary N) is 1. The van der Waals surface area contributed by atoms with E-state index in [1.807, 2.05) is 6.08 Å². The van der Waals surface area contributed by atoms with Crippen molar-refractivity contribution in [1.82, 2.24) is 9.91 Å². The van der Waals surface area contributed by atoms with Gasteiger partial charge in [-0.1, -0.05) is 59.5 Å². The number of amides is 4. The highest BCUT2D eigenvalue weighted by Crippen LogP contribution is 2.64. The minimum absolute atomic E-state index is 0.000245. The lowest BCUT2D eigenvalue weighted by molar-refractivity contribution is -0.141. The number of hydrogen-bond donors (Lipinski definition) is 3. The molecule has 3 N–H and O–H groups in total. The van der Waals surface area contributed by atoms with Crippen LogP contribution in [-0.4, -0.2) is 56.3 Å². The average Bonchev–Trinajstić information content (AvgIpc) is 3.46. The summed E-state index contributed by atoms with van der Waals surface area (Å²) in [5.74, 6) is -7.32. The Labute approximate surface area is 302 Å². The Balaban J connectivity index is 1.35. The summed E-state index contributed by atoms with van der Waals surface area (Å²) in [6, 6.07) is 16.3. The number of rotatable bonds is 10. The number of imide groups is 2. The zero-order chi connectivity index (χ0) is 36.2. The fourth-order valence-electron chi connectivity index (χ4n) is 8.76. The predicted molar refractivity (Wildman–Crippen MR) is 185 cm³/mol. The van der Waals surface area contributed by atoms with E-state index in [0.29, 0.717) is 46.7 Å². The standard InChI is InChI=1S/C38H34Cl2FN3O7/c39-21-7-5-20(6-8-21)38-29(35(49)44(37(38)51)42-23-11-9-22(41)10-12-23)19-28-25(33(38)26-14-13-24(45)18-30(26)40)15-16-27-32(28)36(50)43(34(27)48)17-3-1-2-4-31(46)47/h5-15,18,27-29,32-33,42,45H,1-4,16-17,19H2,(H,46,47)/t27-,28+,29-,32-,33+,38+/m0/s1. The topological polar surface area (TPSA) is 144 Å². The third-order valence-corrected chi connectivity index (χ3v) is 11.5. The van der Waals surface area contributed by atoms with E-state index in [1.54, 1.807) is 30.3 Å². The Morgan fingerprint density at radius 3 is 2.31 bits per heavy atom. The van der Waals surface area contributed by atoms with E-state index in [-0.39, 0.29) is 48.4 Å². The number of aromatic hydroxyl groups is 1. The fourth-order valence-corrected chi connectivity index (χ4v) is 9.17. The number of nitrogens with zero attached hydrogens (tertiary/aromatic N) is 2. The van der Waals surface area contributed by atoms with Crippen LogP contribution in [0.15, 0.2) is 78.4 Å². The highest BCUT2D eigenvalue weighted by atomic mass is 35.5. The van der Waals surface area contributed by atoms with Gasteiger partial charge in [-0.25, -0.2) is 4.39 Å². The quantitative estimate of drug-likeness (QED) is 0.122. The molecule has 3 aromatic rings. The summed E-state index contributed by atoms with van der Waals surface area (Å²) in [6.07, 6.45) is 3.62. The van der Waals surface area contributed by atoms with Gasteiger partial charge in [-0.2, -0.15) is 5.01 Å². The summed E-state index contributed by atoms with van der Waals surface area (Å²) in [5.41, 5.74) is 3.25. The molecule has 4 aliphatic rings. The van der Waals surface area contributed by atoms with Gasteiger partial charge >= 0.3 is 5.97 Å². The molecule has 51 heavy (non-hydrogen) atoms. The molecule has 0 radical (unpaired) electrons. The minimum Gasteiger partial charge on any atom is -0.508 e. The first-order valence-electron chi connectivity index (χ1n) is 16.9. The van der Waals surface area contributed by atoms with E-state index in [0.717, 1.165) is 5.01 Å². The molecular weight excluding hydrogens is 700 g/mol. The van der Waals surface area contributed by atoms with Gasteiger partial charge in [-0.15, -0.1) is 0 Å². The Kier molecular flexibility index (Phi) is 9.14. The van der Waals surface area contributed by atoms with E-state index >= 15 is 4.79 Å². The molecule has 4 amide bonds. The maximum absolute atomic E-state index is 15.1. The third kappa shape index (κ3) is 5.76. The number of phenolic OH excluding ortho intramolecular Hbond substituents is 1. The van der Waals surface area contributed by atoms with Crippen LogP contribution in [0.5, 0.6) is 5.75 Å². The van der Waals surface area contributed by atoms with Crippen molar-refractivity contribution in [3.05, 3.63) is 105 Å². The Morgan fingerprint density at radius 2 is 1.63 bits per heavy atom. The van der Waals surface area contributed by atoms with Gasteiger partial charge in [0.1, 0.15) is 11.6 Å². The van der Waals surface area contributed by atoms with Crippen molar-refractivity contribution in [2.75, 3.05) is 12.0 Å². The molecule has 2 saturated heterocycles. The monoisotopic (exact) mass is 733 g/mol. The van der Waals surface area contributed by atoms with Crippen molar-refractivity contribution in [1.29, 1.82) is 0 Å². The number of aliphatic carboxylic acids is 1. The number of benzene rings is 3. The van der Waals surface area contributed by atoms with Crippen molar-refractivity contribution in [2.45, 2.75) is 49.9 Å². The van der Waals surface area contributed by atoms with E-state index in [9.17, 15) is 28.7 Å². The number of allylic oxidation sites excluding steroid dienone is 2. The summed E-state index contributed by atoms with van der Waals surface area (Å²) in [5, 5.41) is 20.8. The van der Waals surface area contributed by atoms with Gasteiger partial charge in [-0.3, -0.25) is 34.3 Å². The third-order valence-electron chi connectivity index (χ3n) is 10.9. The molecule has 3 aromatic carbocycles. The predicted octanol–water partition coefficient (Wildman–Crippen LogP) is 6.47. The van der Waals surface area contributed by atoms with Gasteiger partial charge in [0.2, 0.25) is 11.8 Å². The maximum atomic E-state index is 15.1. The number of likely N-dealkylation sites (tertiary alicyclic amines) is 1. The molecule has 10 nitrogen and oxygen atoms in total. The van der Waals surface area contributed by atoms with Gasteiger partial charge in [0.15, 0.2) is 0 Å². The lowest BCUT2D eigenvalue weighted by Gasteiger charge is -2.50. The summed E-state index contributed by atoms with van der Waals surface area (Å²) in [7, 11) is 0. The van der Waals surface area contributed by atoms with Gasteiger partial charge in [-0.05, 0) is 91.3 Å². The van der Waals surface area contributed by atoms with Gasteiger partial charge < -0.3 is 10.2 Å². The second kappa shape index (κ2) is 13.4. The summed E-state index contributed by atoms with van der Waals surface area (Å²) >= 11 is 13.2. The fraction of sp³-hybridized carbons (Fsp3) is 0.342. The molecule has 2 aliphatic heterocycles. The number of anilines is 1. The molecule has 1 saturated carbocycles. The smallest absolute Gasteiger partial charge is 0.303 e. The number of carbonyl (C=O) groups excluding carboxylic acids is 4. The molecular formula is C38H34Cl2FN3O7. The average molecular weight is 735 g/mol. The Bertz CT molecular complexity index is 1970. The molecule has 0 aromatic heterocycles. The van der Waals surface area contributed by atoms with Crippen LogP contribution in [0, 0.1) is 29.5 Å². The Morgan fingerprint density at radius 1 is 0.902 bits per heavy atom. The van der Waals surface area contributed by atoms with Crippen molar-refractivity contribution >= 4 is 58.5 Å². The lowest BCUT2D eigenvalue weighted by atomic mass is 9.49. The van der Waals surface area contributed by atoms with Crippen LogP contribution in [-0.2, 0) is 29.4 Å². The number of hydrogen-bond acceptors (Lipinski definition) is 7. The first kappa shape index (κ1) is 34.7. The number of halogens is 3. The summed E-state index contributed by atoms with van der Waals surface area (Å²) in [4.78, 5) is 69.9. The SMILES string of the molecule is O=C(O)CCCCCN1C(=O)[C@H]2[C@H](CC=C3[C@H]2C[C@H]2C(=O)N(Nc4ccc(F)cc4)C(=O)[C@@]2(c2ccc(Cl)cc2)[C@H]3c2ccc(O)cc2Cl)C1=O. The maximum Gasteiger partial charge on any atom is 0.303 e. The second-order valence-electron chi connectivity index (χ2n) is 13.6. The van der Waals surface area contributed by atoms with Crippen LogP contribution in [0.3, 0.4) is 0 Å². The molecule has 264 valence electrons. The van der Waals surface area contributed by atoms with Crippen LogP contribution >= 0.6 is 23.2 Å². The van der Waals surface area contributed by atoms with Crippen LogP contribution in [0.4, 0.5) is 10.1 Å². The minimum atomic E-state index is -1.60. The van der Waals surface area contributed by atoms with E-state index in [4.69, 9.17) is 28.3 Å². The van der Waals surface area contributed by atoms with Crippen molar-refractivity contribution in [3.63, 3.8) is 0 Å². The van der Waals surface area contributed by atoms with Crippen molar-refractivity contribution in [2.24, 2.45) is 23.7 Å². The number of unbranched alkanes of at least 4 members (excludes halogenated alkanes) is 2. The van der Waals surface area contributed by atoms with Crippen LogP contribution in [0.2, 0.25) is 10.0 Å². The first-order chi connectivity index (χ1) is 24.4. The number of fused-ring (bicyclic) bond motifs is 4. The Hall–Kier alpha value is -4.74. The molecule has 0 bridgehead atoms. The molecule has 0 spiro atoms. The van der Waals surface area contributed by atoms with Crippen LogP contribution < -0.4 is 5.43 Å². The first-order valence-corrected chi connectivity index (χ1v) is 17.6. The van der Waals surface area contributed by atoms with Crippen LogP contribution in [0.25, 0.3) is 0 Å². The molecule has 6 atom stereocenters. The second-order valence-corrected chi connectivity index (χ2v) is 14.5. The van der Waals surface area contributed by atoms with Gasteiger partial charge in [0.25, 0.3) is 11.8 Å². The molecule has 0 unspecified atom stereocenters. The van der Waals surface area contributed by atoms with Crippen molar-refractivity contribution in [3.8, 4) is 5.75 Å². The summed E-state index contributed by atoms with van der Waals surface area (Å²) < 4.78 is 13.8. The highest BCUT2D eigenvalue weighted by Gasteiger charge is 2.70.